The minimum atomic E-state index is -4.61. The molecule has 0 bridgehead atoms. The van der Waals surface area contributed by atoms with Crippen LogP contribution in [0.1, 0.15) is 11.1 Å². The smallest absolute Gasteiger partial charge is 0.418 e. The number of amides is 2. The van der Waals surface area contributed by atoms with Crippen LogP contribution in [0, 0.1) is 0 Å². The van der Waals surface area contributed by atoms with E-state index in [1.165, 1.54) is 13.2 Å². The summed E-state index contributed by atoms with van der Waals surface area (Å²) in [6.07, 6.45) is -1.48. The first-order valence-electron chi connectivity index (χ1n) is 6.59. The summed E-state index contributed by atoms with van der Waals surface area (Å²) in [5.41, 5.74) is -0.594. The molecule has 1 aromatic heterocycles. The summed E-state index contributed by atoms with van der Waals surface area (Å²) in [4.78, 5) is 15.7. The summed E-state index contributed by atoms with van der Waals surface area (Å²) in [6.45, 7) is 0.150. The van der Waals surface area contributed by atoms with E-state index in [-0.39, 0.29) is 18.0 Å². The van der Waals surface area contributed by atoms with E-state index in [4.69, 9.17) is 4.74 Å². The number of ether oxygens (including phenoxy) is 1. The van der Waals surface area contributed by atoms with Crippen molar-refractivity contribution < 1.29 is 22.7 Å². The first-order valence-corrected chi connectivity index (χ1v) is 6.59. The summed E-state index contributed by atoms with van der Waals surface area (Å²) in [7, 11) is 1.27. The molecule has 0 radical (unpaired) electrons. The molecule has 0 aliphatic carbocycles. The first kappa shape index (κ1) is 16.6. The maximum Gasteiger partial charge on any atom is 0.418 e. The fourth-order valence-corrected chi connectivity index (χ4v) is 1.85. The molecule has 1 aromatic carbocycles. The molecule has 2 rings (SSSR count). The van der Waals surface area contributed by atoms with Crippen LogP contribution in [0.5, 0.6) is 5.75 Å². The van der Waals surface area contributed by atoms with Crippen molar-refractivity contribution in [3.8, 4) is 5.75 Å². The van der Waals surface area contributed by atoms with E-state index in [0.717, 1.165) is 17.7 Å². The number of halogens is 3. The number of carbonyl (C=O) groups excluding carboxylic acids is 1. The van der Waals surface area contributed by atoms with Crippen molar-refractivity contribution in [1.29, 1.82) is 0 Å². The molecule has 0 spiro atoms. The molecule has 0 saturated heterocycles. The van der Waals surface area contributed by atoms with E-state index < -0.39 is 17.8 Å². The van der Waals surface area contributed by atoms with Crippen molar-refractivity contribution >= 4 is 11.7 Å². The minimum absolute atomic E-state index is 0.0543. The van der Waals surface area contributed by atoms with Crippen LogP contribution < -0.4 is 15.4 Å². The molecule has 2 aromatic rings. The molecule has 0 saturated carbocycles. The highest BCUT2D eigenvalue weighted by atomic mass is 19.4. The average Bonchev–Trinajstić information content (AvgIpc) is 2.53. The van der Waals surface area contributed by atoms with Crippen molar-refractivity contribution in [1.82, 2.24) is 10.3 Å². The van der Waals surface area contributed by atoms with Crippen LogP contribution in [0.4, 0.5) is 23.7 Å². The molecule has 23 heavy (non-hydrogen) atoms. The highest BCUT2D eigenvalue weighted by molar-refractivity contribution is 5.90. The van der Waals surface area contributed by atoms with Gasteiger partial charge in [0.15, 0.2) is 0 Å². The number of anilines is 1. The van der Waals surface area contributed by atoms with E-state index in [9.17, 15) is 18.0 Å². The summed E-state index contributed by atoms with van der Waals surface area (Å²) < 4.78 is 43.9. The van der Waals surface area contributed by atoms with Crippen molar-refractivity contribution in [2.75, 3.05) is 12.4 Å². The van der Waals surface area contributed by atoms with Gasteiger partial charge in [-0.15, -0.1) is 0 Å². The number of benzene rings is 1. The number of aromatic nitrogens is 1. The lowest BCUT2D eigenvalue weighted by Crippen LogP contribution is -2.29. The zero-order chi connectivity index (χ0) is 16.9. The van der Waals surface area contributed by atoms with Gasteiger partial charge in [-0.2, -0.15) is 13.2 Å². The van der Waals surface area contributed by atoms with E-state index >= 15 is 0 Å². The molecule has 1 heterocycles. The number of hydrogen-bond donors (Lipinski definition) is 2. The predicted octanol–water partition coefficient (Wildman–Crippen LogP) is 3.43. The Bertz CT molecular complexity index is 675. The van der Waals surface area contributed by atoms with Crippen LogP contribution in [0.2, 0.25) is 0 Å². The normalized spacial score (nSPS) is 11.0. The molecular weight excluding hydrogens is 311 g/mol. The quantitative estimate of drug-likeness (QED) is 0.905. The summed E-state index contributed by atoms with van der Waals surface area (Å²) in [5, 5.41) is 4.66. The third kappa shape index (κ3) is 4.60. The van der Waals surface area contributed by atoms with E-state index in [2.05, 4.69) is 15.6 Å². The lowest BCUT2D eigenvalue weighted by molar-refractivity contribution is -0.137. The average molecular weight is 325 g/mol. The van der Waals surface area contributed by atoms with Gasteiger partial charge in [0.1, 0.15) is 5.75 Å². The molecule has 0 atom stereocenters. The van der Waals surface area contributed by atoms with Crippen LogP contribution in [-0.4, -0.2) is 18.1 Å². The summed E-state index contributed by atoms with van der Waals surface area (Å²) >= 11 is 0. The second-order valence-corrected chi connectivity index (χ2v) is 4.58. The van der Waals surface area contributed by atoms with Gasteiger partial charge >= 0.3 is 12.2 Å². The Labute approximate surface area is 130 Å². The summed E-state index contributed by atoms with van der Waals surface area (Å²) in [5.74, 6) is 0.0543. The standard InChI is InChI=1S/C15H14F3N3O2/c1-23-11-4-5-13(12(7-11)15(16,17)18)21-14(22)20-9-10-3-2-6-19-8-10/h2-8H,9H2,1H3,(H2,20,21,22). The predicted molar refractivity (Wildman–Crippen MR) is 78.1 cm³/mol. The molecule has 0 unspecified atom stereocenters. The maximum absolute atomic E-state index is 13.0. The molecule has 0 fully saturated rings. The van der Waals surface area contributed by atoms with Crippen LogP contribution in [0.15, 0.2) is 42.7 Å². The topological polar surface area (TPSA) is 63.2 Å². The number of methoxy groups -OCH3 is 1. The Morgan fingerprint density at radius 1 is 1.30 bits per heavy atom. The molecule has 2 amide bonds. The number of nitrogens with one attached hydrogen (secondary N) is 2. The van der Waals surface area contributed by atoms with Crippen molar-refractivity contribution in [2.45, 2.75) is 12.7 Å². The summed E-state index contributed by atoms with van der Waals surface area (Å²) in [6, 6.07) is 6.00. The van der Waals surface area contributed by atoms with Gasteiger partial charge < -0.3 is 15.4 Å². The first-order chi connectivity index (χ1) is 10.9. The number of carbonyl (C=O) groups is 1. The van der Waals surface area contributed by atoms with Gasteiger partial charge in [-0.1, -0.05) is 6.07 Å². The third-order valence-electron chi connectivity index (χ3n) is 2.96. The number of rotatable bonds is 4. The number of pyridine rings is 1. The molecule has 5 nitrogen and oxygen atoms in total. The lowest BCUT2D eigenvalue weighted by Gasteiger charge is -2.15. The molecule has 0 aliphatic heterocycles. The van der Waals surface area contributed by atoms with Crippen LogP contribution in [0.3, 0.4) is 0 Å². The second-order valence-electron chi connectivity index (χ2n) is 4.58. The van der Waals surface area contributed by atoms with Gasteiger partial charge in [-0.05, 0) is 29.8 Å². The number of urea groups is 1. The second kappa shape index (κ2) is 6.99. The SMILES string of the molecule is COc1ccc(NC(=O)NCc2cccnc2)c(C(F)(F)F)c1. The highest BCUT2D eigenvalue weighted by Gasteiger charge is 2.34. The number of hydrogen-bond acceptors (Lipinski definition) is 3. The molecule has 2 N–H and O–H groups in total. The zero-order valence-electron chi connectivity index (χ0n) is 12.1. The van der Waals surface area contributed by atoms with E-state index in [0.29, 0.717) is 0 Å². The number of nitrogens with zero attached hydrogens (tertiary/aromatic N) is 1. The maximum atomic E-state index is 13.0. The van der Waals surface area contributed by atoms with Crippen LogP contribution in [-0.2, 0) is 12.7 Å². The van der Waals surface area contributed by atoms with Gasteiger partial charge in [-0.3, -0.25) is 4.98 Å². The Kier molecular flexibility index (Phi) is 5.05. The fraction of sp³-hybridized carbons (Fsp3) is 0.200. The van der Waals surface area contributed by atoms with Gasteiger partial charge in [0.2, 0.25) is 0 Å². The van der Waals surface area contributed by atoms with Gasteiger partial charge in [0, 0.05) is 18.9 Å². The van der Waals surface area contributed by atoms with Gasteiger partial charge in [-0.25, -0.2) is 4.79 Å². The largest absolute Gasteiger partial charge is 0.497 e. The van der Waals surface area contributed by atoms with Crippen molar-refractivity contribution in [2.24, 2.45) is 0 Å². The Balaban J connectivity index is 2.08. The molecule has 8 heteroatoms. The Hall–Kier alpha value is -2.77. The van der Waals surface area contributed by atoms with Crippen molar-refractivity contribution in [3.63, 3.8) is 0 Å². The lowest BCUT2D eigenvalue weighted by atomic mass is 10.1. The monoisotopic (exact) mass is 325 g/mol. The molecule has 122 valence electrons. The van der Waals surface area contributed by atoms with E-state index in [1.54, 1.807) is 24.5 Å². The van der Waals surface area contributed by atoms with Crippen LogP contribution >= 0.6 is 0 Å². The number of alkyl halides is 3. The Morgan fingerprint density at radius 3 is 2.70 bits per heavy atom. The highest BCUT2D eigenvalue weighted by Crippen LogP contribution is 2.37. The van der Waals surface area contributed by atoms with Crippen LogP contribution in [0.25, 0.3) is 0 Å². The zero-order valence-corrected chi connectivity index (χ0v) is 12.1. The third-order valence-corrected chi connectivity index (χ3v) is 2.96. The van der Waals surface area contributed by atoms with Gasteiger partial charge in [0.05, 0.1) is 18.4 Å². The minimum Gasteiger partial charge on any atom is -0.497 e. The molecule has 0 aliphatic rings. The van der Waals surface area contributed by atoms with Gasteiger partial charge in [0.25, 0.3) is 0 Å². The van der Waals surface area contributed by atoms with E-state index in [1.807, 2.05) is 0 Å². The molecular formula is C15H14F3N3O2. The van der Waals surface area contributed by atoms with Crippen molar-refractivity contribution in [3.05, 3.63) is 53.9 Å². The fourth-order valence-electron chi connectivity index (χ4n) is 1.85. The Morgan fingerprint density at radius 2 is 2.09 bits per heavy atom.